The normalized spacial score (nSPS) is 18.4. The Morgan fingerprint density at radius 3 is 2.74 bits per heavy atom. The molecule has 3 aromatic heterocycles. The number of nitrogens with zero attached hydrogens (tertiary/aromatic N) is 3. The Morgan fingerprint density at radius 2 is 2.00 bits per heavy atom. The van der Waals surface area contributed by atoms with Gasteiger partial charge in [-0.25, -0.2) is 8.42 Å². The lowest BCUT2D eigenvalue weighted by molar-refractivity contribution is -0.120. The zero-order valence-corrected chi connectivity index (χ0v) is 16.5. The van der Waals surface area contributed by atoms with Crippen LogP contribution < -0.4 is 5.32 Å². The van der Waals surface area contributed by atoms with Crippen LogP contribution in [-0.2, 0) is 14.8 Å². The van der Waals surface area contributed by atoms with Crippen molar-refractivity contribution >= 4 is 44.6 Å². The summed E-state index contributed by atoms with van der Waals surface area (Å²) in [6.45, 7) is 0.308. The van der Waals surface area contributed by atoms with E-state index < -0.39 is 22.0 Å². The SMILES string of the molecule is O=C(Nc1nnc(-c2cccs2)o1)[C@H]1CCCCN1S(=O)(=O)c1cccs1. The Hall–Kier alpha value is -2.08. The quantitative estimate of drug-likeness (QED) is 0.675. The minimum atomic E-state index is -3.71. The summed E-state index contributed by atoms with van der Waals surface area (Å²) in [5.74, 6) is -0.150. The van der Waals surface area contributed by atoms with E-state index in [2.05, 4.69) is 15.5 Å². The number of anilines is 1. The zero-order chi connectivity index (χ0) is 18.9. The maximum absolute atomic E-state index is 12.9. The molecule has 4 heterocycles. The van der Waals surface area contributed by atoms with Gasteiger partial charge < -0.3 is 4.42 Å². The van der Waals surface area contributed by atoms with Crippen molar-refractivity contribution < 1.29 is 17.6 Å². The molecule has 0 unspecified atom stereocenters. The molecule has 0 aliphatic carbocycles. The van der Waals surface area contributed by atoms with E-state index in [4.69, 9.17) is 4.42 Å². The lowest BCUT2D eigenvalue weighted by Crippen LogP contribution is -2.49. The van der Waals surface area contributed by atoms with Crippen LogP contribution in [0.15, 0.2) is 43.7 Å². The molecule has 8 nitrogen and oxygen atoms in total. The third kappa shape index (κ3) is 3.68. The molecular formula is C16H16N4O4S3. The topological polar surface area (TPSA) is 105 Å². The van der Waals surface area contributed by atoms with Gasteiger partial charge in [-0.2, -0.15) is 4.31 Å². The number of sulfonamides is 1. The Morgan fingerprint density at radius 1 is 1.19 bits per heavy atom. The van der Waals surface area contributed by atoms with Crippen molar-refractivity contribution in [3.63, 3.8) is 0 Å². The van der Waals surface area contributed by atoms with Crippen LogP contribution in [0.3, 0.4) is 0 Å². The van der Waals surface area contributed by atoms with Gasteiger partial charge >= 0.3 is 6.01 Å². The fourth-order valence-electron chi connectivity index (χ4n) is 2.94. The molecule has 27 heavy (non-hydrogen) atoms. The largest absolute Gasteiger partial charge is 0.402 e. The van der Waals surface area contributed by atoms with Crippen molar-refractivity contribution in [3.8, 4) is 10.8 Å². The van der Waals surface area contributed by atoms with Crippen LogP contribution in [0.2, 0.25) is 0 Å². The molecule has 1 fully saturated rings. The molecule has 0 aromatic carbocycles. The Balaban J connectivity index is 1.53. The fraction of sp³-hybridized carbons (Fsp3) is 0.312. The second-order valence-electron chi connectivity index (χ2n) is 5.94. The summed E-state index contributed by atoms with van der Waals surface area (Å²) in [5.41, 5.74) is 0. The molecule has 1 atom stereocenters. The van der Waals surface area contributed by atoms with Gasteiger partial charge in [0, 0.05) is 6.54 Å². The summed E-state index contributed by atoms with van der Waals surface area (Å²) in [5, 5.41) is 13.9. The summed E-state index contributed by atoms with van der Waals surface area (Å²) in [4.78, 5) is 13.5. The van der Waals surface area contributed by atoms with Crippen molar-refractivity contribution in [2.45, 2.75) is 29.5 Å². The zero-order valence-electron chi connectivity index (χ0n) is 14.1. The van der Waals surface area contributed by atoms with Gasteiger partial charge in [-0.05, 0) is 35.7 Å². The summed E-state index contributed by atoms with van der Waals surface area (Å²) >= 11 is 2.59. The Bertz CT molecular complexity index is 1010. The smallest absolute Gasteiger partial charge is 0.322 e. The van der Waals surface area contributed by atoms with Gasteiger partial charge in [0.1, 0.15) is 10.3 Å². The van der Waals surface area contributed by atoms with Gasteiger partial charge in [-0.15, -0.1) is 27.8 Å². The van der Waals surface area contributed by atoms with E-state index >= 15 is 0 Å². The number of carbonyl (C=O) groups is 1. The summed E-state index contributed by atoms with van der Waals surface area (Å²) in [7, 11) is -3.71. The maximum atomic E-state index is 12.9. The van der Waals surface area contributed by atoms with Gasteiger partial charge in [-0.1, -0.05) is 23.7 Å². The summed E-state index contributed by atoms with van der Waals surface area (Å²) in [6.07, 6.45) is 1.94. The molecule has 142 valence electrons. The van der Waals surface area contributed by atoms with Gasteiger partial charge in [-0.3, -0.25) is 10.1 Å². The van der Waals surface area contributed by atoms with Crippen molar-refractivity contribution in [1.29, 1.82) is 0 Å². The van der Waals surface area contributed by atoms with Gasteiger partial charge in [0.15, 0.2) is 0 Å². The first-order valence-electron chi connectivity index (χ1n) is 8.29. The van der Waals surface area contributed by atoms with Crippen LogP contribution in [0, 0.1) is 0 Å². The minimum absolute atomic E-state index is 0.0394. The number of carbonyl (C=O) groups excluding carboxylic acids is 1. The Labute approximate surface area is 163 Å². The molecule has 0 saturated carbocycles. The molecule has 11 heteroatoms. The first-order chi connectivity index (χ1) is 13.1. The van der Waals surface area contributed by atoms with Crippen molar-refractivity contribution in [2.75, 3.05) is 11.9 Å². The highest BCUT2D eigenvalue weighted by molar-refractivity contribution is 7.91. The third-order valence-electron chi connectivity index (χ3n) is 4.20. The van der Waals surface area contributed by atoms with Gasteiger partial charge in [0.25, 0.3) is 15.9 Å². The van der Waals surface area contributed by atoms with Crippen LogP contribution in [0.4, 0.5) is 6.01 Å². The molecule has 1 N–H and O–H groups in total. The predicted octanol–water partition coefficient (Wildman–Crippen LogP) is 3.04. The highest BCUT2D eigenvalue weighted by atomic mass is 32.2. The van der Waals surface area contributed by atoms with E-state index in [1.165, 1.54) is 15.6 Å². The third-order valence-corrected chi connectivity index (χ3v) is 8.34. The van der Waals surface area contributed by atoms with E-state index in [0.29, 0.717) is 18.9 Å². The molecule has 0 spiro atoms. The first-order valence-corrected chi connectivity index (χ1v) is 11.5. The average Bonchev–Trinajstić information content (AvgIpc) is 3.42. The lowest BCUT2D eigenvalue weighted by Gasteiger charge is -2.32. The lowest BCUT2D eigenvalue weighted by atomic mass is 10.0. The van der Waals surface area contributed by atoms with Crippen LogP contribution in [-0.4, -0.2) is 41.4 Å². The molecule has 0 bridgehead atoms. The number of nitrogens with one attached hydrogen (secondary N) is 1. The van der Waals surface area contributed by atoms with Crippen LogP contribution in [0.5, 0.6) is 0 Å². The minimum Gasteiger partial charge on any atom is -0.402 e. The van der Waals surface area contributed by atoms with Crippen LogP contribution in [0.25, 0.3) is 10.8 Å². The molecule has 1 aliphatic rings. The monoisotopic (exact) mass is 424 g/mol. The molecule has 1 aliphatic heterocycles. The molecule has 3 aromatic rings. The number of piperidine rings is 1. The van der Waals surface area contributed by atoms with Gasteiger partial charge in [0.05, 0.1) is 4.88 Å². The van der Waals surface area contributed by atoms with Crippen molar-refractivity contribution in [1.82, 2.24) is 14.5 Å². The van der Waals surface area contributed by atoms with Crippen LogP contribution >= 0.6 is 22.7 Å². The van der Waals surface area contributed by atoms with E-state index in [1.807, 2.05) is 17.5 Å². The number of rotatable bonds is 5. The number of thiophene rings is 2. The first kappa shape index (κ1) is 18.3. The predicted molar refractivity (Wildman–Crippen MR) is 102 cm³/mol. The van der Waals surface area contributed by atoms with Gasteiger partial charge in [0.2, 0.25) is 5.91 Å². The second kappa shape index (κ2) is 7.50. The standard InChI is InChI=1S/C16H16N4O4S3/c21-14(17-16-19-18-15(24-16)12-6-3-9-25-12)11-5-1-2-8-20(11)27(22,23)13-7-4-10-26-13/h3-4,6-7,9-11H,1-2,5,8H2,(H,17,19,21)/t11-/m1/s1. The number of hydrogen-bond acceptors (Lipinski definition) is 8. The van der Waals surface area contributed by atoms with Crippen molar-refractivity contribution in [3.05, 3.63) is 35.0 Å². The number of hydrogen-bond donors (Lipinski definition) is 1. The highest BCUT2D eigenvalue weighted by Crippen LogP contribution is 2.29. The van der Waals surface area contributed by atoms with E-state index in [-0.39, 0.29) is 10.2 Å². The maximum Gasteiger partial charge on any atom is 0.322 e. The fourth-order valence-corrected chi connectivity index (χ4v) is 6.36. The molecule has 4 rings (SSSR count). The van der Waals surface area contributed by atoms with Crippen molar-refractivity contribution in [2.24, 2.45) is 0 Å². The number of aromatic nitrogens is 2. The Kier molecular flexibility index (Phi) is 5.08. The van der Waals surface area contributed by atoms with Crippen LogP contribution in [0.1, 0.15) is 19.3 Å². The molecule has 1 amide bonds. The van der Waals surface area contributed by atoms with E-state index in [0.717, 1.165) is 29.1 Å². The summed E-state index contributed by atoms with van der Waals surface area (Å²) in [6, 6.07) is 6.08. The highest BCUT2D eigenvalue weighted by Gasteiger charge is 2.38. The number of amides is 1. The average molecular weight is 425 g/mol. The second-order valence-corrected chi connectivity index (χ2v) is 9.95. The van der Waals surface area contributed by atoms with E-state index in [9.17, 15) is 13.2 Å². The van der Waals surface area contributed by atoms with E-state index in [1.54, 1.807) is 17.5 Å². The summed E-state index contributed by atoms with van der Waals surface area (Å²) < 4.78 is 32.7. The molecular weight excluding hydrogens is 408 g/mol. The molecule has 1 saturated heterocycles. The molecule has 0 radical (unpaired) electrons.